The zero-order chi connectivity index (χ0) is 29.6. The minimum absolute atomic E-state index is 0.948. The third-order valence-electron chi connectivity index (χ3n) is 6.64. The van der Waals surface area contributed by atoms with Crippen molar-refractivity contribution in [3.05, 3.63) is 104 Å². The van der Waals surface area contributed by atoms with E-state index in [2.05, 4.69) is 96.0 Å². The molecule has 8 rings (SSSR count). The van der Waals surface area contributed by atoms with Crippen molar-refractivity contribution in [3.8, 4) is 0 Å². The first kappa shape index (κ1) is 34.5. The Balaban J connectivity index is 1.53. The maximum absolute atomic E-state index is 4.01. The third kappa shape index (κ3) is 8.74. The fourth-order valence-corrected chi connectivity index (χ4v) is 17.2. The Bertz CT molecular complexity index is 1290. The average molecular weight is 835 g/mol. The molecule has 10 heteroatoms. The maximum Gasteiger partial charge on any atom is 0.0659 e. The predicted octanol–water partition coefficient (Wildman–Crippen LogP) is 13.7. The lowest BCUT2D eigenvalue weighted by molar-refractivity contribution is 0.993. The topological polar surface area (TPSA) is 0 Å². The molecule has 42 heavy (non-hydrogen) atoms. The van der Waals surface area contributed by atoms with Gasteiger partial charge in [-0.3, -0.25) is 0 Å². The van der Waals surface area contributed by atoms with Gasteiger partial charge in [-0.15, -0.1) is 47.0 Å². The lowest BCUT2D eigenvalue weighted by Crippen LogP contribution is -2.04. The molecule has 2 heterocycles. The van der Waals surface area contributed by atoms with Crippen LogP contribution < -0.4 is 0 Å². The lowest BCUT2D eigenvalue weighted by atomic mass is 9.93. The van der Waals surface area contributed by atoms with Crippen LogP contribution in [0.4, 0.5) is 0 Å². The number of allylic oxidation sites excluding steroid dienone is 2. The van der Waals surface area contributed by atoms with Crippen molar-refractivity contribution in [3.63, 3.8) is 0 Å². The molecular weight excluding hydrogens is 801 g/mol. The highest BCUT2D eigenvalue weighted by Crippen LogP contribution is 2.60. The summed E-state index contributed by atoms with van der Waals surface area (Å²) in [5.41, 5.74) is 8.55. The van der Waals surface area contributed by atoms with E-state index in [4.69, 9.17) is 0 Å². The minimum atomic E-state index is 0.948. The fourth-order valence-electron chi connectivity index (χ4n) is 4.75. The molecule has 2 aromatic carbocycles. The van der Waals surface area contributed by atoms with E-state index in [0.29, 0.717) is 0 Å². The monoisotopic (exact) mass is 832 g/mol. The second-order valence-corrected chi connectivity index (χ2v) is 22.1. The number of halogens is 2. The van der Waals surface area contributed by atoms with Gasteiger partial charge in [0.1, 0.15) is 0 Å². The van der Waals surface area contributed by atoms with Crippen LogP contribution in [0.15, 0.2) is 81.9 Å². The molecule has 6 aliphatic rings. The Labute approximate surface area is 303 Å². The molecule has 2 aromatic rings. The van der Waals surface area contributed by atoms with Crippen molar-refractivity contribution in [2.75, 3.05) is 23.0 Å². The Morgan fingerprint density at radius 1 is 0.524 bits per heavy atom. The summed E-state index contributed by atoms with van der Waals surface area (Å²) in [4.78, 5) is 0. The Morgan fingerprint density at radius 3 is 1.12 bits per heavy atom. The smallest absolute Gasteiger partial charge is 0.0659 e. The van der Waals surface area contributed by atoms with E-state index in [1.807, 2.05) is 94.1 Å². The molecule has 0 radical (unpaired) electrons. The van der Waals surface area contributed by atoms with Gasteiger partial charge in [0.05, 0.1) is 25.4 Å². The molecule has 224 valence electrons. The quantitative estimate of drug-likeness (QED) is 0.255. The molecular formula is C32H34Br2S8. The average Bonchev–Trinajstić information content (AvgIpc) is 3.56. The second-order valence-electron chi connectivity index (χ2n) is 9.63. The van der Waals surface area contributed by atoms with Crippen LogP contribution in [0.25, 0.3) is 0 Å². The van der Waals surface area contributed by atoms with E-state index in [0.717, 1.165) is 48.7 Å². The van der Waals surface area contributed by atoms with Crippen molar-refractivity contribution in [2.45, 2.75) is 53.4 Å². The zero-order valence-electron chi connectivity index (χ0n) is 24.1. The summed E-state index contributed by atoms with van der Waals surface area (Å²) in [6.45, 7) is 9.04. The van der Waals surface area contributed by atoms with Crippen molar-refractivity contribution in [1.29, 1.82) is 0 Å². The van der Waals surface area contributed by atoms with E-state index >= 15 is 0 Å². The van der Waals surface area contributed by atoms with Crippen LogP contribution in [-0.2, 0) is 25.7 Å². The van der Waals surface area contributed by atoms with E-state index < -0.39 is 0 Å². The number of benzene rings is 2. The number of thioether (sulfide) groups is 8. The van der Waals surface area contributed by atoms with Gasteiger partial charge in [-0.25, -0.2) is 0 Å². The molecule has 0 atom stereocenters. The van der Waals surface area contributed by atoms with Crippen molar-refractivity contribution in [1.82, 2.24) is 0 Å². The number of hydrogen-bond acceptors (Lipinski definition) is 8. The molecule has 4 bridgehead atoms. The first-order valence-electron chi connectivity index (χ1n) is 14.1. The first-order chi connectivity index (χ1) is 20.4. The van der Waals surface area contributed by atoms with Gasteiger partial charge < -0.3 is 0 Å². The lowest BCUT2D eigenvalue weighted by Gasteiger charge is -2.18. The summed E-state index contributed by atoms with van der Waals surface area (Å²) in [6.07, 6.45) is 3.86. The molecule has 0 saturated heterocycles. The third-order valence-corrected chi connectivity index (χ3v) is 19.0. The van der Waals surface area contributed by atoms with Crippen LogP contribution in [-0.4, -0.2) is 23.0 Å². The van der Waals surface area contributed by atoms with Crippen LogP contribution >= 0.6 is 126 Å². The summed E-state index contributed by atoms with van der Waals surface area (Å²) in [5.74, 6) is 4.46. The Kier molecular flexibility index (Phi) is 13.8. The van der Waals surface area contributed by atoms with Gasteiger partial charge in [0.15, 0.2) is 0 Å². The molecule has 0 spiro atoms. The summed E-state index contributed by atoms with van der Waals surface area (Å²) < 4.78 is 11.3. The van der Waals surface area contributed by atoms with E-state index in [9.17, 15) is 0 Å². The zero-order valence-corrected chi connectivity index (χ0v) is 33.8. The van der Waals surface area contributed by atoms with Crippen LogP contribution in [0, 0.1) is 0 Å². The van der Waals surface area contributed by atoms with Gasteiger partial charge in [0, 0.05) is 8.95 Å². The van der Waals surface area contributed by atoms with Gasteiger partial charge in [-0.05, 0) is 94.2 Å². The molecule has 4 aliphatic carbocycles. The molecule has 0 aromatic heterocycles. The minimum Gasteiger partial charge on any atom is -0.118 e. The van der Waals surface area contributed by atoms with Gasteiger partial charge >= 0.3 is 0 Å². The second kappa shape index (κ2) is 16.8. The van der Waals surface area contributed by atoms with Crippen LogP contribution in [0.2, 0.25) is 0 Å². The SMILES string of the molecule is CCSC1=C(SCC)SC(=C2Cc3ccc(cc3)CC(=C3SC(SCC)=C(SCC)S3)Cc3cc(Br)c(cc3Br)C2)S1. The maximum atomic E-state index is 4.01. The molecule has 0 nitrogen and oxygen atoms in total. The molecule has 0 saturated carbocycles. The number of hydrogen-bond donors (Lipinski definition) is 0. The highest BCUT2D eigenvalue weighted by atomic mass is 79.9. The first-order valence-corrected chi connectivity index (χ1v) is 22.9. The van der Waals surface area contributed by atoms with Gasteiger partial charge in [0.25, 0.3) is 0 Å². The fraction of sp³-hybridized carbons (Fsp3) is 0.375. The summed E-state index contributed by atoms with van der Waals surface area (Å²) in [7, 11) is 0. The Morgan fingerprint density at radius 2 is 0.833 bits per heavy atom. The van der Waals surface area contributed by atoms with E-state index in [-0.39, 0.29) is 0 Å². The van der Waals surface area contributed by atoms with E-state index in [1.165, 1.54) is 67.8 Å². The van der Waals surface area contributed by atoms with Crippen LogP contribution in [0.5, 0.6) is 0 Å². The molecule has 2 aliphatic heterocycles. The van der Waals surface area contributed by atoms with Crippen molar-refractivity contribution >= 4 is 126 Å². The summed E-state index contributed by atoms with van der Waals surface area (Å²) >= 11 is 24.0. The largest absolute Gasteiger partial charge is 0.118 e. The highest BCUT2D eigenvalue weighted by molar-refractivity contribution is 9.11. The summed E-state index contributed by atoms with van der Waals surface area (Å²) in [6, 6.07) is 14.3. The van der Waals surface area contributed by atoms with Crippen molar-refractivity contribution in [2.24, 2.45) is 0 Å². The normalized spacial score (nSPS) is 17.9. The van der Waals surface area contributed by atoms with E-state index in [1.54, 1.807) is 0 Å². The summed E-state index contributed by atoms with van der Waals surface area (Å²) in [5, 5.41) is 0. The van der Waals surface area contributed by atoms with Crippen molar-refractivity contribution < 1.29 is 0 Å². The predicted molar refractivity (Wildman–Crippen MR) is 214 cm³/mol. The number of rotatable bonds is 8. The van der Waals surface area contributed by atoms with Crippen LogP contribution in [0.1, 0.15) is 49.9 Å². The standard InChI is InChI=1S/C32H34Br2S8/c1-5-35-29-30(36-6-2)40-27(39-29)23-13-19-9-11-20(12-10-19)14-24(16-22-18-25(33)21(15-23)17-26(22)34)28-41-31(37-7-3)32(42-28)38-8-4/h9-12,17-18H,5-8,13-16H2,1-4H3. The molecule has 0 fully saturated rings. The highest BCUT2D eigenvalue weighted by Gasteiger charge is 2.27. The van der Waals surface area contributed by atoms with Gasteiger partial charge in [-0.1, -0.05) is 131 Å². The van der Waals surface area contributed by atoms with Gasteiger partial charge in [-0.2, -0.15) is 0 Å². The molecule has 0 N–H and O–H groups in total. The molecule has 0 amide bonds. The van der Waals surface area contributed by atoms with Crippen LogP contribution in [0.3, 0.4) is 0 Å². The molecule has 0 unspecified atom stereocenters. The van der Waals surface area contributed by atoms with Gasteiger partial charge in [0.2, 0.25) is 0 Å². The Hall–Kier alpha value is 1.16.